The van der Waals surface area contributed by atoms with Crippen molar-refractivity contribution in [1.29, 1.82) is 0 Å². The predicted molar refractivity (Wildman–Crippen MR) is 116 cm³/mol. The molecule has 1 N–H and O–H groups in total. The van der Waals surface area contributed by atoms with E-state index in [1.54, 1.807) is 49.5 Å². The molecule has 3 atom stereocenters. The summed E-state index contributed by atoms with van der Waals surface area (Å²) < 4.78 is 37.4. The van der Waals surface area contributed by atoms with E-state index in [9.17, 15) is 8.42 Å². The van der Waals surface area contributed by atoms with E-state index in [0.29, 0.717) is 29.0 Å². The first-order valence-electron chi connectivity index (χ1n) is 9.57. The number of hydrogen-bond acceptors (Lipinski definition) is 8. The number of nitrogens with one attached hydrogen (secondary N) is 1. The molecule has 0 saturated heterocycles. The molecule has 168 valence electrons. The van der Waals surface area contributed by atoms with Crippen LogP contribution in [0.3, 0.4) is 0 Å². The van der Waals surface area contributed by atoms with Crippen LogP contribution < -0.4 is 4.72 Å². The molecule has 31 heavy (non-hydrogen) atoms. The molecule has 3 heterocycles. The quantitative estimate of drug-likeness (QED) is 0.506. The van der Waals surface area contributed by atoms with Crippen molar-refractivity contribution in [3.63, 3.8) is 0 Å². The summed E-state index contributed by atoms with van der Waals surface area (Å²) in [6.07, 6.45) is 4.65. The molecule has 0 aromatic carbocycles. The van der Waals surface area contributed by atoms with Crippen LogP contribution >= 0.6 is 11.6 Å². The van der Waals surface area contributed by atoms with Crippen LogP contribution in [0.2, 0.25) is 5.02 Å². The maximum atomic E-state index is 13.1. The molecule has 0 amide bonds. The van der Waals surface area contributed by atoms with Gasteiger partial charge in [-0.1, -0.05) is 18.5 Å². The standard InChI is InChI=1S/C18H25ClN8O3S/c1-11(10-30-5)27-17(15-6-7-26(4)24-15)22-23-18(27)25-31(28,29)13(3)12(2)16-20-8-14(19)9-21-16/h6-9,11-13H,10H2,1-5H3,(H,23,25)/t11-,12-,13-/m0/s1. The average Bonchev–Trinajstić information content (AvgIpc) is 3.33. The molecule has 0 fully saturated rings. The zero-order valence-electron chi connectivity index (χ0n) is 17.9. The highest BCUT2D eigenvalue weighted by Crippen LogP contribution is 2.27. The molecule has 3 aromatic rings. The Labute approximate surface area is 185 Å². The molecular weight excluding hydrogens is 444 g/mol. The van der Waals surface area contributed by atoms with Gasteiger partial charge in [0.05, 0.1) is 22.9 Å². The molecule has 0 saturated carbocycles. The SMILES string of the molecule is COC[C@H](C)n1c(NS(=O)(=O)[C@@H](C)[C@H](C)c2ncc(Cl)cn2)nnc1-c1ccn(C)n1. The number of sulfonamides is 1. The van der Waals surface area contributed by atoms with Gasteiger partial charge in [-0.2, -0.15) is 5.10 Å². The number of aryl methyl sites for hydroxylation is 1. The highest BCUT2D eigenvalue weighted by molar-refractivity contribution is 7.93. The Morgan fingerprint density at radius 1 is 1.19 bits per heavy atom. The molecule has 0 aliphatic rings. The smallest absolute Gasteiger partial charge is 0.238 e. The normalized spacial score (nSPS) is 14.9. The van der Waals surface area contributed by atoms with Crippen molar-refractivity contribution in [3.8, 4) is 11.5 Å². The minimum absolute atomic E-state index is 0.0845. The summed E-state index contributed by atoms with van der Waals surface area (Å²) in [4.78, 5) is 8.28. The van der Waals surface area contributed by atoms with E-state index in [1.807, 2.05) is 6.92 Å². The predicted octanol–water partition coefficient (Wildman–Crippen LogP) is 2.26. The number of ether oxygens (including phenoxy) is 1. The molecule has 0 bridgehead atoms. The van der Waals surface area contributed by atoms with E-state index >= 15 is 0 Å². The van der Waals surface area contributed by atoms with Gasteiger partial charge in [0.2, 0.25) is 16.0 Å². The third-order valence-electron chi connectivity index (χ3n) is 4.96. The molecular formula is C18H25ClN8O3S. The van der Waals surface area contributed by atoms with Crippen LogP contribution in [0, 0.1) is 0 Å². The summed E-state index contributed by atoms with van der Waals surface area (Å²) in [5, 5.41) is 12.1. The van der Waals surface area contributed by atoms with Gasteiger partial charge in [0.15, 0.2) is 5.82 Å². The Balaban J connectivity index is 1.93. The zero-order chi connectivity index (χ0) is 22.8. The summed E-state index contributed by atoms with van der Waals surface area (Å²) in [5.41, 5.74) is 0.569. The molecule has 13 heteroatoms. The Hall–Kier alpha value is -2.57. The summed E-state index contributed by atoms with van der Waals surface area (Å²) in [6.45, 7) is 5.54. The van der Waals surface area contributed by atoms with Gasteiger partial charge in [-0.25, -0.2) is 18.4 Å². The van der Waals surface area contributed by atoms with Crippen molar-refractivity contribution in [1.82, 2.24) is 34.5 Å². The molecule has 3 aromatic heterocycles. The number of anilines is 1. The lowest BCUT2D eigenvalue weighted by molar-refractivity contribution is 0.163. The molecule has 0 aliphatic heterocycles. The van der Waals surface area contributed by atoms with Gasteiger partial charge in [-0.3, -0.25) is 14.0 Å². The van der Waals surface area contributed by atoms with E-state index < -0.39 is 21.2 Å². The first kappa shape index (κ1) is 23.1. The van der Waals surface area contributed by atoms with Crippen LogP contribution in [0.15, 0.2) is 24.7 Å². The Kier molecular flexibility index (Phi) is 6.92. The average molecular weight is 469 g/mol. The lowest BCUT2D eigenvalue weighted by Crippen LogP contribution is -2.32. The number of halogens is 1. The van der Waals surface area contributed by atoms with Gasteiger partial charge in [-0.05, 0) is 19.9 Å². The van der Waals surface area contributed by atoms with E-state index in [2.05, 4.69) is 30.0 Å². The van der Waals surface area contributed by atoms with Gasteiger partial charge >= 0.3 is 0 Å². The van der Waals surface area contributed by atoms with Crippen molar-refractivity contribution in [3.05, 3.63) is 35.5 Å². The summed E-state index contributed by atoms with van der Waals surface area (Å²) in [6, 6.07) is 1.53. The second kappa shape index (κ2) is 9.28. The van der Waals surface area contributed by atoms with E-state index in [1.165, 1.54) is 12.4 Å². The van der Waals surface area contributed by atoms with Crippen LogP contribution in [0.1, 0.15) is 38.6 Å². The largest absolute Gasteiger partial charge is 0.383 e. The number of rotatable bonds is 9. The highest BCUT2D eigenvalue weighted by atomic mass is 35.5. The van der Waals surface area contributed by atoms with Crippen molar-refractivity contribution < 1.29 is 13.2 Å². The lowest BCUT2D eigenvalue weighted by Gasteiger charge is -2.21. The first-order chi connectivity index (χ1) is 14.6. The maximum absolute atomic E-state index is 13.1. The van der Waals surface area contributed by atoms with Gasteiger partial charge in [-0.15, -0.1) is 10.2 Å². The molecule has 0 unspecified atom stereocenters. The van der Waals surface area contributed by atoms with Gasteiger partial charge in [0.1, 0.15) is 11.5 Å². The van der Waals surface area contributed by atoms with Gasteiger partial charge in [0.25, 0.3) is 0 Å². The van der Waals surface area contributed by atoms with Crippen LogP contribution in [-0.4, -0.2) is 61.9 Å². The summed E-state index contributed by atoms with van der Waals surface area (Å²) in [7, 11) is -0.502. The van der Waals surface area contributed by atoms with E-state index in [4.69, 9.17) is 16.3 Å². The third-order valence-corrected chi connectivity index (χ3v) is 7.01. The maximum Gasteiger partial charge on any atom is 0.238 e. The molecule has 0 radical (unpaired) electrons. The second-order valence-corrected chi connectivity index (χ2v) is 9.77. The summed E-state index contributed by atoms with van der Waals surface area (Å²) in [5.74, 6) is 0.411. The topological polar surface area (TPSA) is 130 Å². The van der Waals surface area contributed by atoms with Crippen molar-refractivity contribution in [2.24, 2.45) is 7.05 Å². The van der Waals surface area contributed by atoms with E-state index in [0.717, 1.165) is 0 Å². The minimum atomic E-state index is -3.86. The van der Waals surface area contributed by atoms with Crippen molar-refractivity contribution in [2.45, 2.75) is 38.0 Å². The Morgan fingerprint density at radius 2 is 1.87 bits per heavy atom. The van der Waals surface area contributed by atoms with Crippen LogP contribution in [-0.2, 0) is 21.8 Å². The molecule has 0 spiro atoms. The Bertz CT molecular complexity index is 1130. The summed E-state index contributed by atoms with van der Waals surface area (Å²) >= 11 is 5.83. The third kappa shape index (κ3) is 5.02. The molecule has 11 nitrogen and oxygen atoms in total. The van der Waals surface area contributed by atoms with Crippen LogP contribution in [0.25, 0.3) is 11.5 Å². The van der Waals surface area contributed by atoms with E-state index in [-0.39, 0.29) is 12.0 Å². The first-order valence-corrected chi connectivity index (χ1v) is 11.5. The zero-order valence-corrected chi connectivity index (χ0v) is 19.5. The number of methoxy groups -OCH3 is 1. The monoisotopic (exact) mass is 468 g/mol. The highest BCUT2D eigenvalue weighted by Gasteiger charge is 2.32. The number of nitrogens with zero attached hydrogens (tertiary/aromatic N) is 7. The molecule has 3 rings (SSSR count). The number of hydrogen-bond donors (Lipinski definition) is 1. The lowest BCUT2D eigenvalue weighted by atomic mass is 10.1. The second-order valence-electron chi connectivity index (χ2n) is 7.30. The molecule has 0 aliphatic carbocycles. The van der Waals surface area contributed by atoms with Crippen LogP contribution in [0.5, 0.6) is 0 Å². The van der Waals surface area contributed by atoms with Gasteiger partial charge in [0, 0.05) is 38.7 Å². The van der Waals surface area contributed by atoms with Crippen molar-refractivity contribution >= 4 is 27.6 Å². The minimum Gasteiger partial charge on any atom is -0.383 e. The van der Waals surface area contributed by atoms with Gasteiger partial charge < -0.3 is 4.74 Å². The van der Waals surface area contributed by atoms with Crippen LogP contribution in [0.4, 0.5) is 5.95 Å². The fraction of sp³-hybridized carbons (Fsp3) is 0.500. The number of aromatic nitrogens is 7. The fourth-order valence-corrected chi connectivity index (χ4v) is 4.40. The fourth-order valence-electron chi connectivity index (χ4n) is 3.06. The Morgan fingerprint density at radius 3 is 2.45 bits per heavy atom. The van der Waals surface area contributed by atoms with Crippen molar-refractivity contribution in [2.75, 3.05) is 18.4 Å².